The largest absolute Gasteiger partial charge is 0.393 e. The number of nitrogens with one attached hydrogen (secondary N) is 3. The van der Waals surface area contributed by atoms with E-state index in [4.69, 9.17) is 5.73 Å². The maximum absolute atomic E-state index is 12.0. The number of aromatic nitrogens is 2. The Morgan fingerprint density at radius 3 is 2.45 bits per heavy atom. The normalized spacial score (nSPS) is 10.4. The molecule has 0 aliphatic rings. The lowest BCUT2D eigenvalue weighted by Gasteiger charge is -2.14. The van der Waals surface area contributed by atoms with E-state index in [0.717, 1.165) is 4.47 Å². The molecule has 7 nitrogen and oxygen atoms in total. The molecular formula is C14H17BrN6O. The van der Waals surface area contributed by atoms with Crippen molar-refractivity contribution < 1.29 is 4.79 Å². The Kier molecular flexibility index (Phi) is 5.16. The lowest BCUT2D eigenvalue weighted by molar-refractivity contribution is 0.0962. The van der Waals surface area contributed by atoms with Crippen LogP contribution >= 0.6 is 15.9 Å². The average molecular weight is 365 g/mol. The number of benzene rings is 1. The quantitative estimate of drug-likeness (QED) is 0.607. The van der Waals surface area contributed by atoms with E-state index in [2.05, 4.69) is 42.1 Å². The third-order valence-electron chi connectivity index (χ3n) is 2.71. The Balaban J connectivity index is 2.05. The average Bonchev–Trinajstić information content (AvgIpc) is 2.48. The molecule has 0 fully saturated rings. The number of nitrogens with zero attached hydrogens (tertiary/aromatic N) is 2. The Morgan fingerprint density at radius 1 is 1.18 bits per heavy atom. The zero-order valence-electron chi connectivity index (χ0n) is 12.2. The maximum atomic E-state index is 12.0. The summed E-state index contributed by atoms with van der Waals surface area (Å²) in [5.74, 6) is 0.567. The van der Waals surface area contributed by atoms with E-state index in [-0.39, 0.29) is 11.9 Å². The van der Waals surface area contributed by atoms with E-state index in [0.29, 0.717) is 22.9 Å². The molecule has 1 aromatic heterocycles. The summed E-state index contributed by atoms with van der Waals surface area (Å²) in [6, 6.07) is 7.17. The summed E-state index contributed by atoms with van der Waals surface area (Å²) in [5.41, 5.74) is 12.1. The first kappa shape index (κ1) is 16.0. The fraction of sp³-hybridized carbons (Fsp3) is 0.214. The summed E-state index contributed by atoms with van der Waals surface area (Å²) < 4.78 is 0.904. The van der Waals surface area contributed by atoms with Crippen LogP contribution in [0.25, 0.3) is 0 Å². The molecule has 0 unspecified atom stereocenters. The minimum Gasteiger partial charge on any atom is -0.393 e. The number of hydrogen-bond acceptors (Lipinski definition) is 6. The topological polar surface area (TPSA) is 105 Å². The number of hydrogen-bond donors (Lipinski definition) is 4. The maximum Gasteiger partial charge on any atom is 0.269 e. The lowest BCUT2D eigenvalue weighted by atomic mass is 10.2. The number of amides is 1. The number of halogens is 1. The molecule has 8 heteroatoms. The van der Waals surface area contributed by atoms with Gasteiger partial charge in [0.1, 0.15) is 12.0 Å². The van der Waals surface area contributed by atoms with Gasteiger partial charge in [-0.05, 0) is 38.1 Å². The van der Waals surface area contributed by atoms with Crippen LogP contribution in [0.5, 0.6) is 0 Å². The summed E-state index contributed by atoms with van der Waals surface area (Å²) in [7, 11) is 0. The molecule has 1 amide bonds. The molecular weight excluding hydrogens is 348 g/mol. The van der Waals surface area contributed by atoms with Crippen molar-refractivity contribution in [2.24, 2.45) is 0 Å². The summed E-state index contributed by atoms with van der Waals surface area (Å²) in [5, 5.41) is 3.10. The van der Waals surface area contributed by atoms with E-state index >= 15 is 0 Å². The van der Waals surface area contributed by atoms with Crippen LogP contribution < -0.4 is 21.9 Å². The zero-order chi connectivity index (χ0) is 16.1. The van der Waals surface area contributed by atoms with Crippen molar-refractivity contribution in [1.82, 2.24) is 15.4 Å². The number of hydrazine groups is 1. The van der Waals surface area contributed by atoms with Crippen LogP contribution in [0.15, 0.2) is 35.1 Å². The first-order chi connectivity index (χ1) is 10.5. The highest BCUT2D eigenvalue weighted by Crippen LogP contribution is 2.22. The van der Waals surface area contributed by atoms with Crippen LogP contribution in [0.1, 0.15) is 24.2 Å². The first-order valence-corrected chi connectivity index (χ1v) is 7.45. The minimum absolute atomic E-state index is 0.183. The second kappa shape index (κ2) is 7.08. The van der Waals surface area contributed by atoms with E-state index in [9.17, 15) is 4.79 Å². The number of rotatable bonds is 5. The van der Waals surface area contributed by atoms with E-state index in [1.54, 1.807) is 24.3 Å². The van der Waals surface area contributed by atoms with E-state index in [1.165, 1.54) is 6.33 Å². The first-order valence-electron chi connectivity index (χ1n) is 6.66. The highest BCUT2D eigenvalue weighted by Gasteiger charge is 2.10. The molecule has 0 atom stereocenters. The fourth-order valence-electron chi connectivity index (χ4n) is 1.67. The van der Waals surface area contributed by atoms with Gasteiger partial charge in [-0.15, -0.1) is 0 Å². The number of anilines is 3. The molecule has 116 valence electrons. The third-order valence-corrected chi connectivity index (χ3v) is 3.24. The zero-order valence-corrected chi connectivity index (χ0v) is 13.8. The van der Waals surface area contributed by atoms with Crippen molar-refractivity contribution in [3.63, 3.8) is 0 Å². The second-order valence-corrected chi connectivity index (χ2v) is 5.79. The van der Waals surface area contributed by atoms with Crippen LogP contribution in [0.2, 0.25) is 0 Å². The molecule has 0 saturated carbocycles. The van der Waals surface area contributed by atoms with Gasteiger partial charge in [0.25, 0.3) is 5.91 Å². The molecule has 0 aliphatic carbocycles. The van der Waals surface area contributed by atoms with Gasteiger partial charge in [0.05, 0.1) is 0 Å². The van der Waals surface area contributed by atoms with Crippen LogP contribution in [-0.2, 0) is 0 Å². The monoisotopic (exact) mass is 364 g/mol. The van der Waals surface area contributed by atoms with E-state index in [1.807, 2.05) is 13.8 Å². The van der Waals surface area contributed by atoms with Crippen LogP contribution in [-0.4, -0.2) is 21.9 Å². The highest BCUT2D eigenvalue weighted by molar-refractivity contribution is 9.10. The Hall–Kier alpha value is -2.35. The van der Waals surface area contributed by atoms with Gasteiger partial charge < -0.3 is 11.1 Å². The van der Waals surface area contributed by atoms with Crippen LogP contribution in [0.4, 0.5) is 17.3 Å². The minimum atomic E-state index is -0.288. The van der Waals surface area contributed by atoms with Crippen molar-refractivity contribution in [3.8, 4) is 0 Å². The van der Waals surface area contributed by atoms with Crippen molar-refractivity contribution in [1.29, 1.82) is 0 Å². The molecule has 1 heterocycles. The smallest absolute Gasteiger partial charge is 0.269 e. The van der Waals surface area contributed by atoms with Gasteiger partial charge in [-0.3, -0.25) is 15.6 Å². The summed E-state index contributed by atoms with van der Waals surface area (Å²) in [4.78, 5) is 20.1. The summed E-state index contributed by atoms with van der Waals surface area (Å²) in [6.07, 6.45) is 1.37. The number of carbonyl (C=O) groups excluding carboxylic acids is 1. The van der Waals surface area contributed by atoms with Crippen LogP contribution in [0.3, 0.4) is 0 Å². The number of carbonyl (C=O) groups is 1. The number of nitrogen functional groups attached to an aromatic ring is 1. The Bertz CT molecular complexity index is 659. The second-order valence-electron chi connectivity index (χ2n) is 4.87. The molecule has 0 saturated heterocycles. The van der Waals surface area contributed by atoms with E-state index < -0.39 is 0 Å². The standard InChI is InChI=1S/C14H17BrN6O/c1-8(2)19-12-11(16)13(18-7-17-12)20-21-14(22)9-3-5-10(15)6-4-9/h3-8H,16H2,1-2H3,(H,21,22)(H2,17,18,19,20). The number of nitrogens with two attached hydrogens (primary N) is 1. The Labute approximate surface area is 136 Å². The molecule has 0 aliphatic heterocycles. The van der Waals surface area contributed by atoms with Gasteiger partial charge in [0.15, 0.2) is 11.6 Å². The van der Waals surface area contributed by atoms with Gasteiger partial charge in [-0.2, -0.15) is 0 Å². The molecule has 2 aromatic rings. The van der Waals surface area contributed by atoms with Crippen molar-refractivity contribution in [2.75, 3.05) is 16.5 Å². The molecule has 0 bridgehead atoms. The van der Waals surface area contributed by atoms with Crippen molar-refractivity contribution in [2.45, 2.75) is 19.9 Å². The Morgan fingerprint density at radius 2 is 1.82 bits per heavy atom. The van der Waals surface area contributed by atoms with Gasteiger partial charge in [0.2, 0.25) is 0 Å². The van der Waals surface area contributed by atoms with Gasteiger partial charge in [-0.1, -0.05) is 15.9 Å². The third kappa shape index (κ3) is 4.08. The predicted molar refractivity (Wildman–Crippen MR) is 90.4 cm³/mol. The highest BCUT2D eigenvalue weighted by atomic mass is 79.9. The molecule has 22 heavy (non-hydrogen) atoms. The van der Waals surface area contributed by atoms with Crippen molar-refractivity contribution >= 4 is 39.2 Å². The molecule has 0 radical (unpaired) electrons. The van der Waals surface area contributed by atoms with Crippen molar-refractivity contribution in [3.05, 3.63) is 40.6 Å². The molecule has 2 rings (SSSR count). The molecule has 5 N–H and O–H groups in total. The van der Waals surface area contributed by atoms with Gasteiger partial charge >= 0.3 is 0 Å². The summed E-state index contributed by atoms with van der Waals surface area (Å²) >= 11 is 3.32. The SMILES string of the molecule is CC(C)Nc1ncnc(NNC(=O)c2ccc(Br)cc2)c1N. The summed E-state index contributed by atoms with van der Waals surface area (Å²) in [6.45, 7) is 3.95. The molecule has 0 spiro atoms. The van der Waals surface area contributed by atoms with Gasteiger partial charge in [0, 0.05) is 16.1 Å². The van der Waals surface area contributed by atoms with Crippen LogP contribution in [0, 0.1) is 0 Å². The predicted octanol–water partition coefficient (Wildman–Crippen LogP) is 2.40. The molecule has 1 aromatic carbocycles. The van der Waals surface area contributed by atoms with Gasteiger partial charge in [-0.25, -0.2) is 9.97 Å². The fourth-order valence-corrected chi connectivity index (χ4v) is 1.94. The lowest BCUT2D eigenvalue weighted by Crippen LogP contribution is -2.30.